The predicted molar refractivity (Wildman–Crippen MR) is 86.1 cm³/mol. The molecule has 20 heavy (non-hydrogen) atoms. The molecule has 1 N–H and O–H groups in total. The summed E-state index contributed by atoms with van der Waals surface area (Å²) >= 11 is 3.50. The lowest BCUT2D eigenvalue weighted by Gasteiger charge is -2.19. The number of fused-ring (bicyclic) bond motifs is 1. The van der Waals surface area contributed by atoms with E-state index in [-0.39, 0.29) is 0 Å². The van der Waals surface area contributed by atoms with Crippen molar-refractivity contribution in [2.75, 3.05) is 12.4 Å². The van der Waals surface area contributed by atoms with Crippen LogP contribution in [0.2, 0.25) is 0 Å². The molecule has 2 aromatic rings. The quantitative estimate of drug-likeness (QED) is 0.898. The Balaban J connectivity index is 2.14. The van der Waals surface area contributed by atoms with Crippen molar-refractivity contribution in [1.82, 2.24) is 9.97 Å². The van der Waals surface area contributed by atoms with Crippen molar-refractivity contribution in [3.8, 4) is 11.4 Å². The summed E-state index contributed by atoms with van der Waals surface area (Å²) in [6, 6.07) is 6.24. The predicted octanol–water partition coefficient (Wildman–Crippen LogP) is 4.14. The van der Waals surface area contributed by atoms with Gasteiger partial charge in [-0.1, -0.05) is 15.9 Å². The fraction of sp³-hybridized carbons (Fsp3) is 0.375. The van der Waals surface area contributed by atoms with Gasteiger partial charge < -0.3 is 5.32 Å². The van der Waals surface area contributed by atoms with Crippen molar-refractivity contribution in [3.05, 3.63) is 39.5 Å². The molecular formula is C16H18BrN3. The summed E-state index contributed by atoms with van der Waals surface area (Å²) in [7, 11) is 1.94. The van der Waals surface area contributed by atoms with E-state index in [4.69, 9.17) is 9.97 Å². The van der Waals surface area contributed by atoms with Gasteiger partial charge in [-0.15, -0.1) is 0 Å². The Kier molecular flexibility index (Phi) is 3.74. The number of aryl methyl sites for hydroxylation is 2. The van der Waals surface area contributed by atoms with E-state index in [0.717, 1.165) is 34.5 Å². The first kappa shape index (κ1) is 13.6. The molecule has 3 rings (SSSR count). The van der Waals surface area contributed by atoms with Gasteiger partial charge in [-0.3, -0.25) is 0 Å². The second kappa shape index (κ2) is 5.52. The molecule has 0 radical (unpaired) electrons. The third kappa shape index (κ3) is 2.44. The highest BCUT2D eigenvalue weighted by atomic mass is 79.9. The molecule has 0 fully saturated rings. The van der Waals surface area contributed by atoms with Crippen LogP contribution >= 0.6 is 15.9 Å². The Labute approximate surface area is 128 Å². The minimum absolute atomic E-state index is 0.833. The Hall–Kier alpha value is -1.42. The average Bonchev–Trinajstić information content (AvgIpc) is 2.46. The number of aromatic nitrogens is 2. The van der Waals surface area contributed by atoms with Crippen molar-refractivity contribution in [1.29, 1.82) is 0 Å². The number of rotatable bonds is 2. The van der Waals surface area contributed by atoms with E-state index in [9.17, 15) is 0 Å². The van der Waals surface area contributed by atoms with Crippen molar-refractivity contribution in [2.45, 2.75) is 32.6 Å². The van der Waals surface area contributed by atoms with Gasteiger partial charge in [0.05, 0.1) is 0 Å². The minimum atomic E-state index is 0.833. The molecule has 4 heteroatoms. The fourth-order valence-electron chi connectivity index (χ4n) is 2.80. The summed E-state index contributed by atoms with van der Waals surface area (Å²) < 4.78 is 1.09. The van der Waals surface area contributed by atoms with Crippen LogP contribution in [-0.4, -0.2) is 17.0 Å². The van der Waals surface area contributed by atoms with Crippen molar-refractivity contribution < 1.29 is 0 Å². The summed E-state index contributed by atoms with van der Waals surface area (Å²) in [4.78, 5) is 9.54. The summed E-state index contributed by atoms with van der Waals surface area (Å²) in [5, 5.41) is 3.24. The van der Waals surface area contributed by atoms with E-state index in [1.54, 1.807) is 0 Å². The third-order valence-electron chi connectivity index (χ3n) is 3.85. The van der Waals surface area contributed by atoms with Crippen molar-refractivity contribution in [3.63, 3.8) is 0 Å². The van der Waals surface area contributed by atoms with Crippen LogP contribution in [0.3, 0.4) is 0 Å². The number of hydrogen-bond acceptors (Lipinski definition) is 3. The standard InChI is InChI=1S/C16H18BrN3/c1-10-9-11(17)7-8-12(10)16-19-14-6-4-3-5-13(14)15(18-2)20-16/h7-9H,3-6H2,1-2H3,(H,18,19,20). The SMILES string of the molecule is CNc1nc(-c2ccc(Br)cc2C)nc2c1CCCC2. The van der Waals surface area contributed by atoms with Gasteiger partial charge in [-0.2, -0.15) is 0 Å². The van der Waals surface area contributed by atoms with Crippen LogP contribution in [0.5, 0.6) is 0 Å². The molecule has 0 saturated carbocycles. The molecule has 0 bridgehead atoms. The molecule has 1 aliphatic rings. The number of nitrogens with zero attached hydrogens (tertiary/aromatic N) is 2. The number of halogens is 1. The van der Waals surface area contributed by atoms with E-state index >= 15 is 0 Å². The Bertz CT molecular complexity index is 635. The highest BCUT2D eigenvalue weighted by Crippen LogP contribution is 2.30. The maximum absolute atomic E-state index is 4.82. The number of benzene rings is 1. The molecule has 1 heterocycles. The largest absolute Gasteiger partial charge is 0.373 e. The molecule has 1 aromatic carbocycles. The summed E-state index contributed by atoms with van der Waals surface area (Å²) in [5.41, 5.74) is 4.82. The van der Waals surface area contributed by atoms with Gasteiger partial charge in [0.2, 0.25) is 0 Å². The molecule has 0 aliphatic heterocycles. The van der Waals surface area contributed by atoms with Gasteiger partial charge in [0.15, 0.2) is 5.82 Å². The molecule has 0 saturated heterocycles. The van der Waals surface area contributed by atoms with E-state index in [2.05, 4.69) is 40.3 Å². The van der Waals surface area contributed by atoms with Crippen LogP contribution in [0, 0.1) is 6.92 Å². The first-order valence-corrected chi connectivity index (χ1v) is 7.82. The fourth-order valence-corrected chi connectivity index (χ4v) is 3.27. The van der Waals surface area contributed by atoms with Gasteiger partial charge in [0, 0.05) is 28.3 Å². The Morgan fingerprint density at radius 2 is 1.95 bits per heavy atom. The first-order valence-electron chi connectivity index (χ1n) is 7.03. The maximum Gasteiger partial charge on any atom is 0.162 e. The number of nitrogens with one attached hydrogen (secondary N) is 1. The summed E-state index contributed by atoms with van der Waals surface area (Å²) in [6.45, 7) is 2.10. The lowest BCUT2D eigenvalue weighted by Crippen LogP contribution is -2.12. The van der Waals surface area contributed by atoms with Gasteiger partial charge >= 0.3 is 0 Å². The minimum Gasteiger partial charge on any atom is -0.373 e. The van der Waals surface area contributed by atoms with Crippen LogP contribution in [0.4, 0.5) is 5.82 Å². The monoisotopic (exact) mass is 331 g/mol. The molecule has 0 amide bonds. The summed E-state index contributed by atoms with van der Waals surface area (Å²) in [6.07, 6.45) is 4.62. The van der Waals surface area contributed by atoms with Crippen molar-refractivity contribution >= 4 is 21.7 Å². The normalized spacial score (nSPS) is 13.9. The third-order valence-corrected chi connectivity index (χ3v) is 4.34. The van der Waals surface area contributed by atoms with Crippen LogP contribution in [0.1, 0.15) is 29.7 Å². The van der Waals surface area contributed by atoms with E-state index in [1.807, 2.05) is 13.1 Å². The molecule has 0 spiro atoms. The maximum atomic E-state index is 4.82. The lowest BCUT2D eigenvalue weighted by molar-refractivity contribution is 0.665. The van der Waals surface area contributed by atoms with Gasteiger partial charge in [-0.25, -0.2) is 9.97 Å². The second-order valence-electron chi connectivity index (χ2n) is 5.24. The number of hydrogen-bond donors (Lipinski definition) is 1. The Morgan fingerprint density at radius 3 is 2.70 bits per heavy atom. The smallest absolute Gasteiger partial charge is 0.162 e. The number of anilines is 1. The topological polar surface area (TPSA) is 37.8 Å². The highest BCUT2D eigenvalue weighted by Gasteiger charge is 2.18. The lowest BCUT2D eigenvalue weighted by atomic mass is 9.96. The molecule has 0 atom stereocenters. The van der Waals surface area contributed by atoms with E-state index < -0.39 is 0 Å². The highest BCUT2D eigenvalue weighted by molar-refractivity contribution is 9.10. The molecular weight excluding hydrogens is 314 g/mol. The van der Waals surface area contributed by atoms with Crippen LogP contribution in [-0.2, 0) is 12.8 Å². The Morgan fingerprint density at radius 1 is 1.15 bits per heavy atom. The van der Waals surface area contributed by atoms with Crippen molar-refractivity contribution in [2.24, 2.45) is 0 Å². The zero-order chi connectivity index (χ0) is 14.1. The van der Waals surface area contributed by atoms with E-state index in [1.165, 1.54) is 29.7 Å². The molecule has 3 nitrogen and oxygen atoms in total. The van der Waals surface area contributed by atoms with Gasteiger partial charge in [-0.05, 0) is 56.4 Å². The van der Waals surface area contributed by atoms with Crippen LogP contribution in [0.25, 0.3) is 11.4 Å². The zero-order valence-corrected chi connectivity index (χ0v) is 13.4. The average molecular weight is 332 g/mol. The molecule has 1 aliphatic carbocycles. The van der Waals surface area contributed by atoms with Crippen LogP contribution < -0.4 is 5.32 Å². The molecule has 104 valence electrons. The molecule has 1 aromatic heterocycles. The first-order chi connectivity index (χ1) is 9.69. The zero-order valence-electron chi connectivity index (χ0n) is 11.8. The van der Waals surface area contributed by atoms with Crippen LogP contribution in [0.15, 0.2) is 22.7 Å². The van der Waals surface area contributed by atoms with Gasteiger partial charge in [0.1, 0.15) is 5.82 Å². The second-order valence-corrected chi connectivity index (χ2v) is 6.15. The van der Waals surface area contributed by atoms with E-state index in [0.29, 0.717) is 0 Å². The van der Waals surface area contributed by atoms with Gasteiger partial charge in [0.25, 0.3) is 0 Å². The summed E-state index contributed by atoms with van der Waals surface area (Å²) in [5.74, 6) is 1.83. The molecule has 0 unspecified atom stereocenters.